The van der Waals surface area contributed by atoms with Gasteiger partial charge in [-0.2, -0.15) is 8.42 Å². The van der Waals surface area contributed by atoms with Crippen molar-refractivity contribution >= 4 is 16.2 Å². The fourth-order valence-corrected chi connectivity index (χ4v) is 3.46. The van der Waals surface area contributed by atoms with Crippen LogP contribution in [0.5, 0.6) is 0 Å². The molecule has 1 saturated carbocycles. The number of aliphatic carboxylic acids is 1. The molecule has 1 rings (SSSR count). The highest BCUT2D eigenvalue weighted by Gasteiger charge is 2.41. The van der Waals surface area contributed by atoms with Crippen molar-refractivity contribution in [2.75, 3.05) is 13.1 Å². The molecule has 118 valence electrons. The van der Waals surface area contributed by atoms with Gasteiger partial charge < -0.3 is 5.11 Å². The van der Waals surface area contributed by atoms with Gasteiger partial charge in [0.1, 0.15) is 0 Å². The van der Waals surface area contributed by atoms with E-state index in [1.807, 2.05) is 13.8 Å². The molecule has 3 N–H and O–H groups in total. The topological polar surface area (TPSA) is 95.5 Å². The first kappa shape index (κ1) is 17.4. The molecule has 1 aliphatic rings. The first-order valence-corrected chi connectivity index (χ1v) is 8.63. The quantitative estimate of drug-likeness (QED) is 0.661. The van der Waals surface area contributed by atoms with Gasteiger partial charge in [0, 0.05) is 13.1 Å². The Hall–Kier alpha value is -0.660. The fraction of sp³-hybridized carbons (Fsp3) is 0.923. The normalized spacial score (nSPS) is 27.7. The van der Waals surface area contributed by atoms with E-state index in [0.717, 1.165) is 12.8 Å². The van der Waals surface area contributed by atoms with E-state index in [2.05, 4.69) is 16.4 Å². The minimum absolute atomic E-state index is 0.0392. The van der Waals surface area contributed by atoms with Gasteiger partial charge in [0.2, 0.25) is 0 Å². The van der Waals surface area contributed by atoms with Gasteiger partial charge in [0.25, 0.3) is 10.2 Å². The van der Waals surface area contributed by atoms with Crippen LogP contribution >= 0.6 is 0 Å². The minimum atomic E-state index is -3.62. The van der Waals surface area contributed by atoms with Gasteiger partial charge in [-0.25, -0.2) is 9.44 Å². The largest absolute Gasteiger partial charge is 0.481 e. The molecule has 0 aromatic carbocycles. The zero-order valence-electron chi connectivity index (χ0n) is 12.5. The summed E-state index contributed by atoms with van der Waals surface area (Å²) in [6.45, 7) is 6.21. The molecule has 6 nitrogen and oxygen atoms in total. The summed E-state index contributed by atoms with van der Waals surface area (Å²) in [5.41, 5.74) is -0.959. The Balaban J connectivity index is 2.62. The molecular weight excluding hydrogens is 280 g/mol. The standard InChI is InChI=1S/C13H26N2O4S/c1-10(2)8-14-20(18,19)15-9-13(12(16)17)6-4-11(3)5-7-13/h10-11,14-15H,4-9H2,1-3H3,(H,16,17). The summed E-state index contributed by atoms with van der Waals surface area (Å²) < 4.78 is 28.4. The van der Waals surface area contributed by atoms with Crippen LogP contribution in [0.1, 0.15) is 46.5 Å². The fourth-order valence-electron chi connectivity index (χ4n) is 2.34. The lowest BCUT2D eigenvalue weighted by Crippen LogP contribution is -2.48. The number of carboxylic acids is 1. The second-order valence-electron chi connectivity index (χ2n) is 6.33. The Kier molecular flexibility index (Phi) is 5.97. The maximum atomic E-state index is 11.8. The van der Waals surface area contributed by atoms with Gasteiger partial charge in [-0.1, -0.05) is 20.8 Å². The molecular formula is C13H26N2O4S. The minimum Gasteiger partial charge on any atom is -0.481 e. The zero-order chi connectivity index (χ0) is 15.4. The molecule has 0 spiro atoms. The van der Waals surface area contributed by atoms with Crippen molar-refractivity contribution in [3.8, 4) is 0 Å². The summed E-state index contributed by atoms with van der Waals surface area (Å²) >= 11 is 0. The van der Waals surface area contributed by atoms with E-state index < -0.39 is 21.6 Å². The zero-order valence-corrected chi connectivity index (χ0v) is 13.3. The smallest absolute Gasteiger partial charge is 0.310 e. The summed E-state index contributed by atoms with van der Waals surface area (Å²) in [4.78, 5) is 11.5. The molecule has 0 aromatic heterocycles. The van der Waals surface area contributed by atoms with Gasteiger partial charge >= 0.3 is 5.97 Å². The number of rotatable bonds is 7. The predicted molar refractivity (Wildman–Crippen MR) is 77.5 cm³/mol. The van der Waals surface area contributed by atoms with E-state index in [1.165, 1.54) is 0 Å². The molecule has 0 saturated heterocycles. The van der Waals surface area contributed by atoms with E-state index >= 15 is 0 Å². The lowest BCUT2D eigenvalue weighted by atomic mass is 9.71. The molecule has 0 radical (unpaired) electrons. The lowest BCUT2D eigenvalue weighted by Gasteiger charge is -2.35. The average molecular weight is 306 g/mol. The maximum absolute atomic E-state index is 11.8. The summed E-state index contributed by atoms with van der Waals surface area (Å²) in [7, 11) is -3.62. The van der Waals surface area contributed by atoms with E-state index in [1.54, 1.807) is 0 Å². The third-order valence-electron chi connectivity index (χ3n) is 3.97. The average Bonchev–Trinajstić information content (AvgIpc) is 2.36. The van der Waals surface area contributed by atoms with Crippen LogP contribution in [0.3, 0.4) is 0 Å². The molecule has 1 fully saturated rings. The second-order valence-corrected chi connectivity index (χ2v) is 7.92. The third-order valence-corrected chi connectivity index (χ3v) is 5.04. The Labute approximate surface area is 121 Å². The van der Waals surface area contributed by atoms with Gasteiger partial charge in [-0.3, -0.25) is 4.79 Å². The molecule has 0 bridgehead atoms. The van der Waals surface area contributed by atoms with Crippen molar-refractivity contribution in [2.45, 2.75) is 46.5 Å². The van der Waals surface area contributed by atoms with Crippen LogP contribution in [0.25, 0.3) is 0 Å². The van der Waals surface area contributed by atoms with Crippen LogP contribution < -0.4 is 9.44 Å². The van der Waals surface area contributed by atoms with E-state index in [4.69, 9.17) is 0 Å². The van der Waals surface area contributed by atoms with Crippen LogP contribution in [-0.4, -0.2) is 32.6 Å². The van der Waals surface area contributed by atoms with Crippen molar-refractivity contribution in [1.82, 2.24) is 9.44 Å². The Morgan fingerprint density at radius 1 is 1.30 bits per heavy atom. The van der Waals surface area contributed by atoms with Crippen LogP contribution in [0, 0.1) is 17.3 Å². The predicted octanol–water partition coefficient (Wildman–Crippen LogP) is 1.35. The lowest BCUT2D eigenvalue weighted by molar-refractivity contribution is -0.151. The van der Waals surface area contributed by atoms with Crippen LogP contribution in [0.4, 0.5) is 0 Å². The molecule has 0 aliphatic heterocycles. The molecule has 20 heavy (non-hydrogen) atoms. The van der Waals surface area contributed by atoms with Crippen molar-refractivity contribution in [1.29, 1.82) is 0 Å². The second kappa shape index (κ2) is 6.87. The van der Waals surface area contributed by atoms with Crippen LogP contribution in [0.2, 0.25) is 0 Å². The molecule has 1 aliphatic carbocycles. The van der Waals surface area contributed by atoms with Gasteiger partial charge in [-0.15, -0.1) is 0 Å². The molecule has 7 heteroatoms. The Morgan fingerprint density at radius 3 is 2.30 bits per heavy atom. The van der Waals surface area contributed by atoms with Crippen LogP contribution in [-0.2, 0) is 15.0 Å². The molecule has 0 heterocycles. The van der Waals surface area contributed by atoms with Gasteiger partial charge in [0.05, 0.1) is 5.41 Å². The summed E-state index contributed by atoms with van der Waals surface area (Å²) in [5.74, 6) is -0.190. The van der Waals surface area contributed by atoms with Crippen molar-refractivity contribution in [3.05, 3.63) is 0 Å². The van der Waals surface area contributed by atoms with Gasteiger partial charge in [0.15, 0.2) is 0 Å². The van der Waals surface area contributed by atoms with E-state index in [0.29, 0.717) is 25.3 Å². The summed E-state index contributed by atoms with van der Waals surface area (Å²) in [6, 6.07) is 0. The summed E-state index contributed by atoms with van der Waals surface area (Å²) in [6.07, 6.45) is 2.70. The van der Waals surface area contributed by atoms with Crippen molar-refractivity contribution in [2.24, 2.45) is 17.3 Å². The van der Waals surface area contributed by atoms with Gasteiger partial charge in [-0.05, 0) is 37.5 Å². The number of nitrogens with one attached hydrogen (secondary N) is 2. The summed E-state index contributed by atoms with van der Waals surface area (Å²) in [5, 5.41) is 9.43. The first-order valence-electron chi connectivity index (χ1n) is 7.14. The highest BCUT2D eigenvalue weighted by atomic mass is 32.2. The number of carbonyl (C=O) groups is 1. The van der Waals surface area contributed by atoms with Crippen molar-refractivity contribution < 1.29 is 18.3 Å². The molecule has 0 atom stereocenters. The van der Waals surface area contributed by atoms with Crippen molar-refractivity contribution in [3.63, 3.8) is 0 Å². The maximum Gasteiger partial charge on any atom is 0.310 e. The van der Waals surface area contributed by atoms with E-state index in [-0.39, 0.29) is 12.5 Å². The van der Waals surface area contributed by atoms with Crippen LogP contribution in [0.15, 0.2) is 0 Å². The Bertz CT molecular complexity index is 426. The number of carboxylic acid groups (broad SMARTS) is 1. The molecule has 0 amide bonds. The monoisotopic (exact) mass is 306 g/mol. The SMILES string of the molecule is CC(C)CNS(=O)(=O)NCC1(C(=O)O)CCC(C)CC1. The number of hydrogen-bond donors (Lipinski definition) is 3. The highest BCUT2D eigenvalue weighted by Crippen LogP contribution is 2.38. The molecule has 0 aromatic rings. The molecule has 0 unspecified atom stereocenters. The first-order chi connectivity index (χ1) is 9.17. The number of hydrogen-bond acceptors (Lipinski definition) is 3. The highest BCUT2D eigenvalue weighted by molar-refractivity contribution is 7.87. The third kappa shape index (κ3) is 5.03. The van der Waals surface area contributed by atoms with E-state index in [9.17, 15) is 18.3 Å². The Morgan fingerprint density at radius 2 is 1.85 bits per heavy atom.